The van der Waals surface area contributed by atoms with Crippen LogP contribution in [0.15, 0.2) is 29.3 Å². The molecular formula is C19H27F3IN3O2. The first kappa shape index (κ1) is 23.1. The second-order valence-electron chi connectivity index (χ2n) is 7.08. The molecule has 1 spiro atoms. The van der Waals surface area contributed by atoms with E-state index >= 15 is 0 Å². The SMILES string of the molecule is CCNC(=NCCOc1ccc(C(F)(F)F)cc1)N1CCC2(CCOC2)C1.I. The van der Waals surface area contributed by atoms with Crippen LogP contribution < -0.4 is 10.1 Å². The maximum atomic E-state index is 12.6. The van der Waals surface area contributed by atoms with Gasteiger partial charge in [0.05, 0.1) is 18.7 Å². The molecule has 1 atom stereocenters. The third kappa shape index (κ3) is 5.88. The smallest absolute Gasteiger partial charge is 0.416 e. The maximum absolute atomic E-state index is 12.6. The third-order valence-electron chi connectivity index (χ3n) is 5.06. The highest BCUT2D eigenvalue weighted by atomic mass is 127. The molecule has 0 amide bonds. The number of nitrogens with zero attached hydrogens (tertiary/aromatic N) is 2. The Morgan fingerprint density at radius 2 is 2.04 bits per heavy atom. The largest absolute Gasteiger partial charge is 0.492 e. The van der Waals surface area contributed by atoms with Crippen LogP contribution in [0.1, 0.15) is 25.3 Å². The summed E-state index contributed by atoms with van der Waals surface area (Å²) in [6.07, 6.45) is -2.12. The van der Waals surface area contributed by atoms with Crippen LogP contribution in [0.25, 0.3) is 0 Å². The molecule has 9 heteroatoms. The Balaban J connectivity index is 0.00000280. The first-order valence-electron chi connectivity index (χ1n) is 9.33. The van der Waals surface area contributed by atoms with Crippen molar-refractivity contribution in [2.45, 2.75) is 25.9 Å². The van der Waals surface area contributed by atoms with Crippen molar-refractivity contribution in [2.75, 3.05) is 46.0 Å². The Labute approximate surface area is 180 Å². The average Bonchev–Trinajstić information content (AvgIpc) is 3.27. The summed E-state index contributed by atoms with van der Waals surface area (Å²) in [6.45, 7) is 7.10. The fraction of sp³-hybridized carbons (Fsp3) is 0.632. The highest BCUT2D eigenvalue weighted by molar-refractivity contribution is 14.0. The lowest BCUT2D eigenvalue weighted by molar-refractivity contribution is -0.137. The molecule has 1 aromatic rings. The van der Waals surface area contributed by atoms with Gasteiger partial charge in [0.2, 0.25) is 0 Å². The van der Waals surface area contributed by atoms with Gasteiger partial charge in [-0.05, 0) is 44.0 Å². The average molecular weight is 513 g/mol. The van der Waals surface area contributed by atoms with Crippen LogP contribution in [0.3, 0.4) is 0 Å². The van der Waals surface area contributed by atoms with E-state index in [0.717, 1.165) is 63.8 Å². The molecule has 0 bridgehead atoms. The summed E-state index contributed by atoms with van der Waals surface area (Å²) in [4.78, 5) is 6.87. The lowest BCUT2D eigenvalue weighted by Crippen LogP contribution is -2.41. The van der Waals surface area contributed by atoms with Gasteiger partial charge in [-0.3, -0.25) is 0 Å². The first-order chi connectivity index (χ1) is 12.9. The Kier molecular flexibility index (Phi) is 8.23. The molecule has 0 aromatic heterocycles. The van der Waals surface area contributed by atoms with Crippen LogP contribution in [0.5, 0.6) is 5.75 Å². The van der Waals surface area contributed by atoms with Crippen molar-refractivity contribution >= 4 is 29.9 Å². The zero-order valence-corrected chi connectivity index (χ0v) is 18.3. The van der Waals surface area contributed by atoms with Crippen LogP contribution in [0.2, 0.25) is 0 Å². The monoisotopic (exact) mass is 513 g/mol. The number of likely N-dealkylation sites (tertiary alicyclic amines) is 1. The number of guanidine groups is 1. The molecule has 2 aliphatic rings. The summed E-state index contributed by atoms with van der Waals surface area (Å²) in [7, 11) is 0. The van der Waals surface area contributed by atoms with E-state index < -0.39 is 11.7 Å². The number of hydrogen-bond acceptors (Lipinski definition) is 3. The van der Waals surface area contributed by atoms with Crippen LogP contribution in [0, 0.1) is 5.41 Å². The highest BCUT2D eigenvalue weighted by Crippen LogP contribution is 2.38. The summed E-state index contributed by atoms with van der Waals surface area (Å²) >= 11 is 0. The standard InChI is InChI=1S/C19H26F3N3O2.HI/c1-2-23-17(25-10-7-18(13-25)8-11-26-14-18)24-9-12-27-16-5-3-15(4-6-16)19(20,21)22;/h3-6H,2,7-14H2,1H3,(H,23,24);1H. The van der Waals surface area contributed by atoms with Gasteiger partial charge in [0.15, 0.2) is 5.96 Å². The van der Waals surface area contributed by atoms with Gasteiger partial charge in [-0.15, -0.1) is 24.0 Å². The normalized spacial score (nSPS) is 22.4. The Morgan fingerprint density at radius 1 is 1.29 bits per heavy atom. The van der Waals surface area contributed by atoms with Crippen molar-refractivity contribution in [3.05, 3.63) is 29.8 Å². The van der Waals surface area contributed by atoms with Crippen molar-refractivity contribution in [1.82, 2.24) is 10.2 Å². The predicted molar refractivity (Wildman–Crippen MR) is 112 cm³/mol. The van der Waals surface area contributed by atoms with Gasteiger partial charge in [0.25, 0.3) is 0 Å². The lowest BCUT2D eigenvalue weighted by Gasteiger charge is -2.25. The number of ether oxygens (including phenoxy) is 2. The number of hydrogen-bond donors (Lipinski definition) is 1. The van der Waals surface area contributed by atoms with Crippen molar-refractivity contribution in [1.29, 1.82) is 0 Å². The van der Waals surface area contributed by atoms with Crippen LogP contribution in [-0.4, -0.2) is 56.9 Å². The minimum Gasteiger partial charge on any atom is -0.492 e. The Bertz CT molecular complexity index is 647. The fourth-order valence-corrected chi connectivity index (χ4v) is 3.57. The van der Waals surface area contributed by atoms with Crippen molar-refractivity contribution in [2.24, 2.45) is 10.4 Å². The van der Waals surface area contributed by atoms with E-state index in [1.807, 2.05) is 6.92 Å². The second-order valence-corrected chi connectivity index (χ2v) is 7.08. The van der Waals surface area contributed by atoms with Gasteiger partial charge in [0, 0.05) is 31.7 Å². The van der Waals surface area contributed by atoms with E-state index in [1.54, 1.807) is 0 Å². The first-order valence-corrected chi connectivity index (χ1v) is 9.33. The van der Waals surface area contributed by atoms with Gasteiger partial charge in [-0.25, -0.2) is 4.99 Å². The molecule has 1 aromatic carbocycles. The second kappa shape index (κ2) is 10.00. The molecule has 2 fully saturated rings. The van der Waals surface area contributed by atoms with E-state index in [4.69, 9.17) is 9.47 Å². The molecular weight excluding hydrogens is 486 g/mol. The molecule has 2 aliphatic heterocycles. The molecule has 28 heavy (non-hydrogen) atoms. The summed E-state index contributed by atoms with van der Waals surface area (Å²) in [5.74, 6) is 1.27. The number of benzene rings is 1. The van der Waals surface area contributed by atoms with Crippen LogP contribution in [0.4, 0.5) is 13.2 Å². The lowest BCUT2D eigenvalue weighted by atomic mass is 9.87. The van der Waals surface area contributed by atoms with Crippen molar-refractivity contribution < 1.29 is 22.6 Å². The summed E-state index contributed by atoms with van der Waals surface area (Å²) < 4.78 is 48.8. The maximum Gasteiger partial charge on any atom is 0.416 e. The molecule has 3 rings (SSSR count). The zero-order valence-electron chi connectivity index (χ0n) is 15.9. The Hall–Kier alpha value is -1.23. The van der Waals surface area contributed by atoms with Gasteiger partial charge in [-0.1, -0.05) is 0 Å². The number of rotatable bonds is 5. The van der Waals surface area contributed by atoms with Crippen molar-refractivity contribution in [3.8, 4) is 5.75 Å². The Morgan fingerprint density at radius 3 is 2.64 bits per heavy atom. The van der Waals surface area contributed by atoms with E-state index in [-0.39, 0.29) is 29.4 Å². The van der Waals surface area contributed by atoms with Crippen LogP contribution in [-0.2, 0) is 10.9 Å². The van der Waals surface area contributed by atoms with Gasteiger partial charge < -0.3 is 19.7 Å². The molecule has 158 valence electrons. The molecule has 2 heterocycles. The van der Waals surface area contributed by atoms with E-state index in [2.05, 4.69) is 15.2 Å². The topological polar surface area (TPSA) is 46.1 Å². The van der Waals surface area contributed by atoms with E-state index in [9.17, 15) is 13.2 Å². The molecule has 2 saturated heterocycles. The van der Waals surface area contributed by atoms with E-state index in [1.165, 1.54) is 12.1 Å². The number of nitrogens with one attached hydrogen (secondary N) is 1. The van der Waals surface area contributed by atoms with Crippen LogP contribution >= 0.6 is 24.0 Å². The van der Waals surface area contributed by atoms with Crippen molar-refractivity contribution in [3.63, 3.8) is 0 Å². The third-order valence-corrected chi connectivity index (χ3v) is 5.06. The summed E-state index contributed by atoms with van der Waals surface area (Å²) in [5, 5.41) is 3.31. The number of aliphatic imine (C=N–C) groups is 1. The van der Waals surface area contributed by atoms with Gasteiger partial charge in [0.1, 0.15) is 12.4 Å². The molecule has 1 unspecified atom stereocenters. The molecule has 0 aliphatic carbocycles. The molecule has 0 radical (unpaired) electrons. The minimum atomic E-state index is -4.33. The fourth-order valence-electron chi connectivity index (χ4n) is 3.57. The van der Waals surface area contributed by atoms with Gasteiger partial charge in [-0.2, -0.15) is 13.2 Å². The highest BCUT2D eigenvalue weighted by Gasteiger charge is 2.42. The molecule has 5 nitrogen and oxygen atoms in total. The number of alkyl halides is 3. The van der Waals surface area contributed by atoms with E-state index in [0.29, 0.717) is 18.9 Å². The quantitative estimate of drug-likeness (QED) is 0.282. The zero-order chi connectivity index (χ0) is 19.3. The number of halogens is 4. The predicted octanol–water partition coefficient (Wildman–Crippen LogP) is 3.78. The molecule has 0 saturated carbocycles. The minimum absolute atomic E-state index is 0. The van der Waals surface area contributed by atoms with Gasteiger partial charge >= 0.3 is 6.18 Å². The molecule has 1 N–H and O–H groups in total. The summed E-state index contributed by atoms with van der Waals surface area (Å²) in [5.41, 5.74) is -0.423. The summed E-state index contributed by atoms with van der Waals surface area (Å²) in [6, 6.07) is 4.72.